The van der Waals surface area contributed by atoms with Crippen molar-refractivity contribution in [2.24, 2.45) is 0 Å². The van der Waals surface area contributed by atoms with E-state index in [9.17, 15) is 9.90 Å². The van der Waals surface area contributed by atoms with E-state index >= 15 is 0 Å². The number of nitrogens with one attached hydrogen (secondary N) is 1. The minimum atomic E-state index is -0.0224. The summed E-state index contributed by atoms with van der Waals surface area (Å²) in [5.41, 5.74) is 2.19. The van der Waals surface area contributed by atoms with E-state index in [0.29, 0.717) is 12.2 Å². The van der Waals surface area contributed by atoms with Gasteiger partial charge in [-0.1, -0.05) is 65.5 Å². The summed E-state index contributed by atoms with van der Waals surface area (Å²) in [5.74, 6) is 0.613. The van der Waals surface area contributed by atoms with Gasteiger partial charge in [0.25, 0.3) is 0 Å². The highest BCUT2D eigenvalue weighted by Gasteiger charge is 2.17. The number of carbonyl (C=O) groups excluding carboxylic acids is 1. The first-order valence-corrected chi connectivity index (χ1v) is 9.93. The van der Waals surface area contributed by atoms with Gasteiger partial charge in [0, 0.05) is 13.0 Å². The van der Waals surface area contributed by atoms with Gasteiger partial charge in [0.1, 0.15) is 5.75 Å². The maximum atomic E-state index is 11.6. The van der Waals surface area contributed by atoms with Crippen molar-refractivity contribution < 1.29 is 9.90 Å². The number of unbranched alkanes of at least 4 members (excludes halogenated alkanes) is 5. The fourth-order valence-electron chi connectivity index (χ4n) is 3.00. The van der Waals surface area contributed by atoms with Crippen LogP contribution in [0.25, 0.3) is 0 Å². The Morgan fingerprint density at radius 3 is 2.36 bits per heavy atom. The molecule has 3 heteroatoms. The van der Waals surface area contributed by atoms with E-state index in [0.717, 1.165) is 50.6 Å². The summed E-state index contributed by atoms with van der Waals surface area (Å²) >= 11 is 0. The predicted octanol–water partition coefficient (Wildman–Crippen LogP) is 5.49. The van der Waals surface area contributed by atoms with Crippen molar-refractivity contribution in [3.8, 4) is 5.75 Å². The molecule has 0 radical (unpaired) electrons. The zero-order chi connectivity index (χ0) is 18.7. The molecule has 142 valence electrons. The van der Waals surface area contributed by atoms with Crippen LogP contribution in [-0.4, -0.2) is 17.6 Å². The summed E-state index contributed by atoms with van der Waals surface area (Å²) in [6.07, 6.45) is 9.45. The number of phenols is 1. The van der Waals surface area contributed by atoms with Gasteiger partial charge in [0.2, 0.25) is 5.91 Å². The molecule has 0 bridgehead atoms. The number of aromatic hydroxyl groups is 1. The smallest absolute Gasteiger partial charge is 0.219 e. The summed E-state index contributed by atoms with van der Waals surface area (Å²) in [7, 11) is 0. The normalized spacial score (nSPS) is 11.5. The molecule has 0 fully saturated rings. The van der Waals surface area contributed by atoms with Crippen LogP contribution >= 0.6 is 0 Å². The minimum absolute atomic E-state index is 0.0224. The predicted molar refractivity (Wildman–Crippen MR) is 106 cm³/mol. The van der Waals surface area contributed by atoms with E-state index in [-0.39, 0.29) is 11.3 Å². The molecule has 0 atom stereocenters. The second-order valence-corrected chi connectivity index (χ2v) is 8.07. The average Bonchev–Trinajstić information content (AvgIpc) is 2.53. The van der Waals surface area contributed by atoms with Crippen molar-refractivity contribution in [2.45, 2.75) is 90.9 Å². The summed E-state index contributed by atoms with van der Waals surface area (Å²) < 4.78 is 0. The number of aryl methyl sites for hydroxylation is 1. The molecular weight excluding hydrogens is 310 g/mol. The van der Waals surface area contributed by atoms with Gasteiger partial charge in [-0.05, 0) is 48.3 Å². The Bertz CT molecular complexity index is 517. The molecule has 0 aliphatic rings. The fourth-order valence-corrected chi connectivity index (χ4v) is 3.00. The highest BCUT2D eigenvalue weighted by Crippen LogP contribution is 2.31. The lowest BCUT2D eigenvalue weighted by Gasteiger charge is -2.20. The molecule has 1 aromatic carbocycles. The van der Waals surface area contributed by atoms with Gasteiger partial charge in [-0.3, -0.25) is 4.79 Å². The molecule has 2 N–H and O–H groups in total. The Labute approximate surface area is 154 Å². The third-order valence-electron chi connectivity index (χ3n) is 4.59. The SMILES string of the molecule is CCCCNC(=O)CCCCCCCc1ccc(C(C)(C)C)c(O)c1. The zero-order valence-electron chi connectivity index (χ0n) is 16.7. The summed E-state index contributed by atoms with van der Waals surface area (Å²) in [5, 5.41) is 13.2. The number of hydrogen-bond donors (Lipinski definition) is 2. The number of rotatable bonds is 11. The maximum Gasteiger partial charge on any atom is 0.219 e. The highest BCUT2D eigenvalue weighted by atomic mass is 16.3. The molecule has 0 unspecified atom stereocenters. The lowest BCUT2D eigenvalue weighted by molar-refractivity contribution is -0.121. The monoisotopic (exact) mass is 347 g/mol. The van der Waals surface area contributed by atoms with Gasteiger partial charge in [-0.25, -0.2) is 0 Å². The fraction of sp³-hybridized carbons (Fsp3) is 0.682. The largest absolute Gasteiger partial charge is 0.508 e. The zero-order valence-corrected chi connectivity index (χ0v) is 16.7. The second kappa shape index (κ2) is 11.2. The molecule has 25 heavy (non-hydrogen) atoms. The molecule has 3 nitrogen and oxygen atoms in total. The second-order valence-electron chi connectivity index (χ2n) is 8.07. The van der Waals surface area contributed by atoms with E-state index < -0.39 is 0 Å². The third-order valence-corrected chi connectivity index (χ3v) is 4.59. The molecular formula is C22H37NO2. The summed E-state index contributed by atoms with van der Waals surface area (Å²) in [6.45, 7) is 9.30. The Morgan fingerprint density at radius 1 is 1.04 bits per heavy atom. The van der Waals surface area contributed by atoms with Gasteiger partial charge >= 0.3 is 0 Å². The van der Waals surface area contributed by atoms with Gasteiger partial charge in [0.05, 0.1) is 0 Å². The van der Waals surface area contributed by atoms with Crippen LogP contribution in [0.15, 0.2) is 18.2 Å². The molecule has 0 spiro atoms. The van der Waals surface area contributed by atoms with Crippen molar-refractivity contribution in [1.82, 2.24) is 5.32 Å². The van der Waals surface area contributed by atoms with Crippen molar-refractivity contribution >= 4 is 5.91 Å². The van der Waals surface area contributed by atoms with E-state index in [2.05, 4.69) is 45.1 Å². The first-order chi connectivity index (χ1) is 11.8. The molecule has 1 amide bonds. The lowest BCUT2D eigenvalue weighted by Crippen LogP contribution is -2.23. The van der Waals surface area contributed by atoms with Crippen LogP contribution in [0.5, 0.6) is 5.75 Å². The topological polar surface area (TPSA) is 49.3 Å². The quantitative estimate of drug-likeness (QED) is 0.520. The molecule has 0 heterocycles. The van der Waals surface area contributed by atoms with Gasteiger partial charge in [-0.15, -0.1) is 0 Å². The third kappa shape index (κ3) is 8.94. The van der Waals surface area contributed by atoms with E-state index in [1.54, 1.807) is 0 Å². The van der Waals surface area contributed by atoms with Crippen molar-refractivity contribution in [1.29, 1.82) is 0 Å². The van der Waals surface area contributed by atoms with Crippen LogP contribution in [-0.2, 0) is 16.6 Å². The first kappa shape index (κ1) is 21.5. The van der Waals surface area contributed by atoms with Crippen molar-refractivity contribution in [2.75, 3.05) is 6.54 Å². The number of phenolic OH excluding ortho intramolecular Hbond substituents is 1. The molecule has 0 saturated carbocycles. The Kier molecular flexibility index (Phi) is 9.62. The number of carbonyl (C=O) groups is 1. The van der Waals surface area contributed by atoms with E-state index in [1.807, 2.05) is 6.07 Å². The molecule has 0 aliphatic carbocycles. The van der Waals surface area contributed by atoms with Gasteiger partial charge < -0.3 is 10.4 Å². The summed E-state index contributed by atoms with van der Waals surface area (Å²) in [4.78, 5) is 11.6. The minimum Gasteiger partial charge on any atom is -0.508 e. The molecule has 0 aliphatic heterocycles. The van der Waals surface area contributed by atoms with Crippen molar-refractivity contribution in [3.63, 3.8) is 0 Å². The van der Waals surface area contributed by atoms with Crippen LogP contribution in [0.1, 0.15) is 90.2 Å². The Balaban J connectivity index is 2.14. The maximum absolute atomic E-state index is 11.6. The van der Waals surface area contributed by atoms with Crippen LogP contribution in [0.3, 0.4) is 0 Å². The van der Waals surface area contributed by atoms with Gasteiger partial charge in [-0.2, -0.15) is 0 Å². The molecule has 0 saturated heterocycles. The number of hydrogen-bond acceptors (Lipinski definition) is 2. The average molecular weight is 348 g/mol. The number of benzene rings is 1. The van der Waals surface area contributed by atoms with E-state index in [4.69, 9.17) is 0 Å². The van der Waals surface area contributed by atoms with Crippen molar-refractivity contribution in [3.05, 3.63) is 29.3 Å². The van der Waals surface area contributed by atoms with Crippen LogP contribution in [0.2, 0.25) is 0 Å². The van der Waals surface area contributed by atoms with Crippen LogP contribution in [0, 0.1) is 0 Å². The Hall–Kier alpha value is -1.51. The van der Waals surface area contributed by atoms with Crippen LogP contribution < -0.4 is 5.32 Å². The Morgan fingerprint density at radius 2 is 1.72 bits per heavy atom. The molecule has 1 rings (SSSR count). The van der Waals surface area contributed by atoms with Crippen LogP contribution in [0.4, 0.5) is 0 Å². The number of amides is 1. The van der Waals surface area contributed by atoms with E-state index in [1.165, 1.54) is 18.4 Å². The molecule has 1 aromatic rings. The summed E-state index contributed by atoms with van der Waals surface area (Å²) in [6, 6.07) is 6.12. The first-order valence-electron chi connectivity index (χ1n) is 9.93. The standard InChI is InChI=1S/C22H37NO2/c1-5-6-16-23-21(25)13-11-9-7-8-10-12-18-14-15-19(20(24)17-18)22(2,3)4/h14-15,17,24H,5-13,16H2,1-4H3,(H,23,25). The molecule has 0 aromatic heterocycles. The van der Waals surface area contributed by atoms with Gasteiger partial charge in [0.15, 0.2) is 0 Å². The lowest BCUT2D eigenvalue weighted by atomic mass is 9.85. The highest BCUT2D eigenvalue weighted by molar-refractivity contribution is 5.75.